The van der Waals surface area contributed by atoms with E-state index in [-0.39, 0.29) is 12.3 Å². The SMILES string of the molecule is CC1CCCC(CC(C)CNC(=O)c2cccn3nc(CC#N)cc23)C1. The highest BCUT2D eigenvalue weighted by molar-refractivity contribution is 6.00. The average Bonchev–Trinajstić information content (AvgIpc) is 3.02. The van der Waals surface area contributed by atoms with Crippen LogP contribution in [0.25, 0.3) is 5.52 Å². The van der Waals surface area contributed by atoms with Crippen molar-refractivity contribution in [1.82, 2.24) is 14.9 Å². The van der Waals surface area contributed by atoms with Gasteiger partial charge in [0.25, 0.3) is 5.91 Å². The van der Waals surface area contributed by atoms with E-state index in [0.29, 0.717) is 23.7 Å². The van der Waals surface area contributed by atoms with Crippen molar-refractivity contribution in [3.63, 3.8) is 0 Å². The molecule has 0 aliphatic heterocycles. The van der Waals surface area contributed by atoms with Gasteiger partial charge in [0.15, 0.2) is 0 Å². The third kappa shape index (κ3) is 4.43. The van der Waals surface area contributed by atoms with Crippen LogP contribution in [-0.2, 0) is 6.42 Å². The number of rotatable bonds is 6. The molecule has 0 aromatic carbocycles. The lowest BCUT2D eigenvalue weighted by atomic mass is 9.78. The topological polar surface area (TPSA) is 70.2 Å². The molecule has 0 radical (unpaired) electrons. The number of nitrogens with one attached hydrogen (secondary N) is 1. The summed E-state index contributed by atoms with van der Waals surface area (Å²) in [6, 6.07) is 7.56. The Balaban J connectivity index is 1.59. The summed E-state index contributed by atoms with van der Waals surface area (Å²) in [6.07, 6.45) is 8.62. The number of fused-ring (bicyclic) bond motifs is 1. The summed E-state index contributed by atoms with van der Waals surface area (Å²) in [5.41, 5.74) is 2.05. The molecule has 1 fully saturated rings. The van der Waals surface area contributed by atoms with E-state index in [9.17, 15) is 4.79 Å². The molecule has 1 aliphatic rings. The molecule has 1 N–H and O–H groups in total. The van der Waals surface area contributed by atoms with Crippen molar-refractivity contribution in [3.8, 4) is 6.07 Å². The van der Waals surface area contributed by atoms with Gasteiger partial charge in [0, 0.05) is 12.7 Å². The molecule has 3 atom stereocenters. The number of hydrogen-bond acceptors (Lipinski definition) is 3. The lowest BCUT2D eigenvalue weighted by molar-refractivity contribution is 0.0946. The van der Waals surface area contributed by atoms with Gasteiger partial charge in [0.2, 0.25) is 0 Å². The molecule has 5 heteroatoms. The van der Waals surface area contributed by atoms with Gasteiger partial charge in [-0.1, -0.05) is 33.1 Å². The molecule has 0 bridgehead atoms. The van der Waals surface area contributed by atoms with Crippen LogP contribution in [0.15, 0.2) is 24.4 Å². The highest BCUT2D eigenvalue weighted by Gasteiger charge is 2.21. The molecule has 2 aromatic rings. The Morgan fingerprint density at radius 3 is 3.12 bits per heavy atom. The fraction of sp³-hybridized carbons (Fsp3) is 0.571. The predicted octanol–water partition coefficient (Wildman–Crippen LogP) is 3.98. The highest BCUT2D eigenvalue weighted by atomic mass is 16.1. The van der Waals surface area contributed by atoms with E-state index in [4.69, 9.17) is 5.26 Å². The third-order valence-electron chi connectivity index (χ3n) is 5.45. The molecule has 1 saturated carbocycles. The molecular formula is C21H28N4O. The van der Waals surface area contributed by atoms with Gasteiger partial charge < -0.3 is 5.32 Å². The van der Waals surface area contributed by atoms with Gasteiger partial charge in [-0.15, -0.1) is 0 Å². The molecule has 2 aromatic heterocycles. The van der Waals surface area contributed by atoms with E-state index >= 15 is 0 Å². The van der Waals surface area contributed by atoms with Crippen LogP contribution < -0.4 is 5.32 Å². The standard InChI is InChI=1S/C21H28N4O/c1-15-5-3-6-17(11-15)12-16(2)14-23-21(26)19-7-4-10-25-20(19)13-18(24-25)8-9-22/h4,7,10,13,15-17H,3,5-6,8,11-12,14H2,1-2H3,(H,23,26). The molecule has 5 nitrogen and oxygen atoms in total. The van der Waals surface area contributed by atoms with Crippen molar-refractivity contribution in [1.29, 1.82) is 5.26 Å². The number of amides is 1. The van der Waals surface area contributed by atoms with Gasteiger partial charge in [-0.3, -0.25) is 4.79 Å². The third-order valence-corrected chi connectivity index (χ3v) is 5.45. The number of hydrogen-bond donors (Lipinski definition) is 1. The second-order valence-corrected chi connectivity index (χ2v) is 7.91. The number of carbonyl (C=O) groups excluding carboxylic acids is 1. The summed E-state index contributed by atoms with van der Waals surface area (Å²) in [7, 11) is 0. The van der Waals surface area contributed by atoms with Crippen LogP contribution in [0.1, 0.15) is 62.0 Å². The molecule has 0 saturated heterocycles. The zero-order chi connectivity index (χ0) is 18.5. The van der Waals surface area contributed by atoms with E-state index in [0.717, 1.165) is 17.4 Å². The smallest absolute Gasteiger partial charge is 0.253 e. The largest absolute Gasteiger partial charge is 0.352 e. The maximum Gasteiger partial charge on any atom is 0.253 e. The van der Waals surface area contributed by atoms with Crippen LogP contribution in [0.3, 0.4) is 0 Å². The second kappa shape index (κ2) is 8.35. The van der Waals surface area contributed by atoms with E-state index in [2.05, 4.69) is 30.3 Å². The fourth-order valence-corrected chi connectivity index (χ4v) is 4.21. The Morgan fingerprint density at radius 1 is 1.50 bits per heavy atom. The lowest BCUT2D eigenvalue weighted by Crippen LogP contribution is -2.30. The molecule has 0 spiro atoms. The van der Waals surface area contributed by atoms with Crippen LogP contribution in [-0.4, -0.2) is 22.1 Å². The molecule has 138 valence electrons. The molecule has 26 heavy (non-hydrogen) atoms. The van der Waals surface area contributed by atoms with Crippen molar-refractivity contribution < 1.29 is 4.79 Å². The zero-order valence-corrected chi connectivity index (χ0v) is 15.7. The van der Waals surface area contributed by atoms with Crippen molar-refractivity contribution in [2.45, 2.75) is 52.4 Å². The number of nitriles is 1. The molecule has 3 rings (SSSR count). The van der Waals surface area contributed by atoms with Crippen molar-refractivity contribution in [2.75, 3.05) is 6.54 Å². The number of aromatic nitrogens is 2. The first kappa shape index (κ1) is 18.4. The van der Waals surface area contributed by atoms with E-state index in [1.165, 1.54) is 32.1 Å². The zero-order valence-electron chi connectivity index (χ0n) is 15.7. The van der Waals surface area contributed by atoms with Gasteiger partial charge in [0.05, 0.1) is 29.3 Å². The summed E-state index contributed by atoms with van der Waals surface area (Å²) in [5.74, 6) is 2.06. The van der Waals surface area contributed by atoms with E-state index in [1.54, 1.807) is 10.7 Å². The maximum absolute atomic E-state index is 12.7. The monoisotopic (exact) mass is 352 g/mol. The second-order valence-electron chi connectivity index (χ2n) is 7.91. The predicted molar refractivity (Wildman–Crippen MR) is 102 cm³/mol. The first-order valence-electron chi connectivity index (χ1n) is 9.69. The summed E-state index contributed by atoms with van der Waals surface area (Å²) < 4.78 is 1.68. The van der Waals surface area contributed by atoms with E-state index < -0.39 is 0 Å². The summed E-state index contributed by atoms with van der Waals surface area (Å²) in [4.78, 5) is 12.7. The first-order valence-corrected chi connectivity index (χ1v) is 9.69. The lowest BCUT2D eigenvalue weighted by Gasteiger charge is -2.28. The van der Waals surface area contributed by atoms with Crippen molar-refractivity contribution in [2.24, 2.45) is 17.8 Å². The minimum Gasteiger partial charge on any atom is -0.352 e. The number of carbonyl (C=O) groups is 1. The Hall–Kier alpha value is -2.35. The fourth-order valence-electron chi connectivity index (χ4n) is 4.21. The number of nitrogens with zero attached hydrogens (tertiary/aromatic N) is 3. The highest BCUT2D eigenvalue weighted by Crippen LogP contribution is 2.32. The van der Waals surface area contributed by atoms with Crippen LogP contribution >= 0.6 is 0 Å². The molecule has 1 amide bonds. The number of pyridine rings is 1. The first-order chi connectivity index (χ1) is 12.6. The van der Waals surface area contributed by atoms with Gasteiger partial charge in [-0.05, 0) is 48.8 Å². The van der Waals surface area contributed by atoms with Gasteiger partial charge in [-0.2, -0.15) is 10.4 Å². The minimum absolute atomic E-state index is 0.0668. The van der Waals surface area contributed by atoms with Crippen LogP contribution in [0.5, 0.6) is 0 Å². The minimum atomic E-state index is -0.0668. The van der Waals surface area contributed by atoms with Gasteiger partial charge in [0.1, 0.15) is 0 Å². The van der Waals surface area contributed by atoms with Crippen LogP contribution in [0.4, 0.5) is 0 Å². The van der Waals surface area contributed by atoms with Crippen LogP contribution in [0, 0.1) is 29.1 Å². The Bertz CT molecular complexity index is 804. The molecule has 3 unspecified atom stereocenters. The Morgan fingerprint density at radius 2 is 2.35 bits per heavy atom. The normalized spacial score (nSPS) is 21.3. The van der Waals surface area contributed by atoms with Crippen molar-refractivity contribution in [3.05, 3.63) is 35.7 Å². The maximum atomic E-state index is 12.7. The summed E-state index contributed by atoms with van der Waals surface area (Å²) >= 11 is 0. The van der Waals surface area contributed by atoms with Crippen LogP contribution in [0.2, 0.25) is 0 Å². The molecular weight excluding hydrogens is 324 g/mol. The quantitative estimate of drug-likeness (QED) is 0.855. The average molecular weight is 352 g/mol. The van der Waals surface area contributed by atoms with E-state index in [1.807, 2.05) is 18.2 Å². The Kier molecular flexibility index (Phi) is 5.92. The van der Waals surface area contributed by atoms with Gasteiger partial charge in [-0.25, -0.2) is 4.52 Å². The molecule has 1 aliphatic carbocycles. The molecule has 2 heterocycles. The summed E-state index contributed by atoms with van der Waals surface area (Å²) in [5, 5.41) is 16.3. The van der Waals surface area contributed by atoms with Crippen molar-refractivity contribution >= 4 is 11.4 Å². The summed E-state index contributed by atoms with van der Waals surface area (Å²) in [6.45, 7) is 5.28. The Labute approximate surface area is 155 Å². The van der Waals surface area contributed by atoms with Gasteiger partial charge >= 0.3 is 0 Å².